The second kappa shape index (κ2) is 10.1. The van der Waals surface area contributed by atoms with Gasteiger partial charge in [-0.15, -0.1) is 21.5 Å². The topological polar surface area (TPSA) is 122 Å². The van der Waals surface area contributed by atoms with Crippen molar-refractivity contribution in [3.8, 4) is 5.88 Å². The Morgan fingerprint density at radius 2 is 1.86 bits per heavy atom. The monoisotopic (exact) mass is 551 g/mol. The highest BCUT2D eigenvalue weighted by molar-refractivity contribution is 7.92. The molecule has 0 aliphatic carbocycles. The van der Waals surface area contributed by atoms with Crippen LogP contribution in [0.1, 0.15) is 9.67 Å². The summed E-state index contributed by atoms with van der Waals surface area (Å²) in [5, 5.41) is 13.5. The molecule has 0 bridgehead atoms. The second-order valence-electron chi connectivity index (χ2n) is 6.88. The van der Waals surface area contributed by atoms with Crippen molar-refractivity contribution in [3.05, 3.63) is 70.3 Å². The lowest BCUT2D eigenvalue weighted by Crippen LogP contribution is -2.33. The number of benzene rings is 2. The quantitative estimate of drug-likeness (QED) is 0.301. The number of nitrogens with one attached hydrogen (secondary N) is 3. The van der Waals surface area contributed by atoms with Crippen LogP contribution in [0.2, 0.25) is 5.02 Å². The van der Waals surface area contributed by atoms with Crippen molar-refractivity contribution in [1.29, 1.82) is 0 Å². The molecule has 2 aromatic carbocycles. The molecule has 14 heteroatoms. The molecule has 0 aliphatic heterocycles. The van der Waals surface area contributed by atoms with Gasteiger partial charge in [-0.05, 0) is 60.7 Å². The number of hydrogen-bond acceptors (Lipinski definition) is 8. The lowest BCUT2D eigenvalue weighted by atomic mass is 10.2. The molecule has 0 unspecified atom stereocenters. The first kappa shape index (κ1) is 24.7. The summed E-state index contributed by atoms with van der Waals surface area (Å²) in [5.41, 5.74) is 0.433. The number of rotatable bonds is 6. The number of hydrogen-bond donors (Lipinski definition) is 3. The van der Waals surface area contributed by atoms with Crippen LogP contribution in [-0.2, 0) is 10.0 Å². The number of fused-ring (bicyclic) bond motifs is 1. The van der Waals surface area contributed by atoms with Crippen LogP contribution in [0.15, 0.2) is 59.5 Å². The number of carbonyl (C=O) groups is 1. The van der Waals surface area contributed by atoms with E-state index >= 15 is 0 Å². The van der Waals surface area contributed by atoms with Gasteiger partial charge in [-0.25, -0.2) is 12.8 Å². The number of methoxy groups -OCH3 is 1. The minimum atomic E-state index is -3.92. The Balaban J connectivity index is 1.40. The molecule has 0 atom stereocenters. The van der Waals surface area contributed by atoms with Crippen LogP contribution in [0, 0.1) is 5.82 Å². The molecule has 180 valence electrons. The van der Waals surface area contributed by atoms with Gasteiger partial charge in [0.2, 0.25) is 5.88 Å². The number of carbonyl (C=O) groups excluding carboxylic acids is 1. The zero-order valence-corrected chi connectivity index (χ0v) is 20.9. The largest absolute Gasteiger partial charge is 0.480 e. The highest BCUT2D eigenvalue weighted by Gasteiger charge is 2.19. The smallest absolute Gasteiger partial charge is 0.269 e. The summed E-state index contributed by atoms with van der Waals surface area (Å²) in [6, 6.07) is 12.6. The summed E-state index contributed by atoms with van der Waals surface area (Å²) in [4.78, 5) is 12.8. The minimum absolute atomic E-state index is 0.0273. The van der Waals surface area contributed by atoms with Crippen LogP contribution in [-0.4, -0.2) is 36.7 Å². The normalized spacial score (nSPS) is 11.2. The Hall–Kier alpha value is -3.39. The van der Waals surface area contributed by atoms with E-state index in [1.165, 1.54) is 61.7 Å². The molecule has 3 N–H and O–H groups in total. The first-order valence-corrected chi connectivity index (χ1v) is 12.8. The van der Waals surface area contributed by atoms with Gasteiger partial charge in [0.1, 0.15) is 10.7 Å². The van der Waals surface area contributed by atoms with E-state index in [9.17, 15) is 17.6 Å². The highest BCUT2D eigenvalue weighted by Crippen LogP contribution is 2.35. The van der Waals surface area contributed by atoms with Crippen molar-refractivity contribution in [1.82, 2.24) is 15.5 Å². The Labute approximate surface area is 213 Å². The molecule has 0 saturated carbocycles. The van der Waals surface area contributed by atoms with Crippen molar-refractivity contribution in [2.24, 2.45) is 0 Å². The number of halogens is 2. The van der Waals surface area contributed by atoms with E-state index in [4.69, 9.17) is 28.6 Å². The van der Waals surface area contributed by atoms with Crippen LogP contribution < -0.4 is 20.1 Å². The lowest BCUT2D eigenvalue weighted by molar-refractivity contribution is 0.0982. The lowest BCUT2D eigenvalue weighted by Gasteiger charge is -2.11. The van der Waals surface area contributed by atoms with Crippen LogP contribution in [0.5, 0.6) is 5.88 Å². The number of amides is 1. The number of nitrogens with zero attached hydrogens (tertiary/aromatic N) is 2. The summed E-state index contributed by atoms with van der Waals surface area (Å²) in [7, 11) is -2.50. The van der Waals surface area contributed by atoms with Gasteiger partial charge in [0.05, 0.1) is 17.0 Å². The number of thiophene rings is 1. The van der Waals surface area contributed by atoms with Crippen molar-refractivity contribution in [3.63, 3.8) is 0 Å². The van der Waals surface area contributed by atoms with Crippen molar-refractivity contribution in [2.45, 2.75) is 4.90 Å². The van der Waals surface area contributed by atoms with Crippen LogP contribution in [0.3, 0.4) is 0 Å². The van der Waals surface area contributed by atoms with E-state index < -0.39 is 21.7 Å². The Kier molecular flexibility index (Phi) is 7.12. The second-order valence-corrected chi connectivity index (χ2v) is 10.4. The molecule has 4 aromatic rings. The van der Waals surface area contributed by atoms with Gasteiger partial charge in [0, 0.05) is 21.8 Å². The summed E-state index contributed by atoms with van der Waals surface area (Å²) in [6.45, 7) is 0. The molecule has 35 heavy (non-hydrogen) atoms. The molecule has 0 fully saturated rings. The molecule has 0 spiro atoms. The van der Waals surface area contributed by atoms with E-state index in [0.717, 1.165) is 11.3 Å². The molecule has 2 heterocycles. The van der Waals surface area contributed by atoms with Crippen molar-refractivity contribution < 1.29 is 22.3 Å². The maximum Gasteiger partial charge on any atom is 0.269 e. The van der Waals surface area contributed by atoms with Gasteiger partial charge in [-0.2, -0.15) is 0 Å². The summed E-state index contributed by atoms with van der Waals surface area (Å²) in [5.74, 6) is -0.718. The maximum absolute atomic E-state index is 13.5. The molecule has 4 rings (SSSR count). The van der Waals surface area contributed by atoms with E-state index in [0.29, 0.717) is 15.8 Å². The van der Waals surface area contributed by atoms with Gasteiger partial charge in [0.15, 0.2) is 10.9 Å². The van der Waals surface area contributed by atoms with Gasteiger partial charge in [-0.1, -0.05) is 11.6 Å². The first-order valence-electron chi connectivity index (χ1n) is 9.67. The van der Waals surface area contributed by atoms with Gasteiger partial charge in [-0.3, -0.25) is 14.8 Å². The molecule has 0 radical (unpaired) electrons. The Morgan fingerprint density at radius 3 is 2.51 bits per heavy atom. The predicted molar refractivity (Wildman–Crippen MR) is 136 cm³/mol. The molecule has 0 saturated heterocycles. The van der Waals surface area contributed by atoms with Crippen LogP contribution in [0.25, 0.3) is 10.1 Å². The van der Waals surface area contributed by atoms with Gasteiger partial charge in [0.25, 0.3) is 15.9 Å². The fourth-order valence-corrected chi connectivity index (χ4v) is 5.55. The number of sulfonamides is 1. The summed E-state index contributed by atoms with van der Waals surface area (Å²) < 4.78 is 46.3. The molecular formula is C21H15ClFN5O4S3. The third-order valence-corrected chi connectivity index (χ3v) is 7.77. The highest BCUT2D eigenvalue weighted by atomic mass is 35.5. The zero-order chi connectivity index (χ0) is 25.2. The van der Waals surface area contributed by atoms with Crippen molar-refractivity contribution >= 4 is 77.8 Å². The third-order valence-electron chi connectivity index (χ3n) is 4.54. The third kappa shape index (κ3) is 5.65. The molecule has 2 aromatic heterocycles. The fraction of sp³-hybridized carbons (Fsp3) is 0.0476. The van der Waals surface area contributed by atoms with Crippen LogP contribution in [0.4, 0.5) is 15.9 Å². The average Bonchev–Trinajstić information content (AvgIpc) is 3.15. The minimum Gasteiger partial charge on any atom is -0.480 e. The number of thiocarbonyl (C=S) groups is 1. The van der Waals surface area contributed by atoms with Crippen molar-refractivity contribution in [2.75, 3.05) is 17.1 Å². The van der Waals surface area contributed by atoms with E-state index in [2.05, 4.69) is 25.6 Å². The Bertz CT molecular complexity index is 1530. The Morgan fingerprint density at radius 1 is 1.11 bits per heavy atom. The summed E-state index contributed by atoms with van der Waals surface area (Å²) in [6.07, 6.45) is 0. The molecule has 1 amide bonds. The van der Waals surface area contributed by atoms with Gasteiger partial charge < -0.3 is 10.1 Å². The SMILES string of the molecule is COc1ccc(NS(=O)(=O)c2ccc(NC(=S)NC(=O)c3sc4cc(F)ccc4c3Cl)cc2)nn1. The molecule has 9 nitrogen and oxygen atoms in total. The van der Waals surface area contributed by atoms with E-state index in [-0.39, 0.29) is 31.6 Å². The first-order chi connectivity index (χ1) is 16.7. The number of anilines is 2. The number of ether oxygens (including phenoxy) is 1. The predicted octanol–water partition coefficient (Wildman–Crippen LogP) is 4.42. The molecular weight excluding hydrogens is 537 g/mol. The standard InChI is InChI=1S/C21H15ClFN5O4S3/c1-32-17-9-8-16(26-27-17)28-35(30,31)13-5-3-12(4-6-13)24-21(33)25-20(29)19-18(22)14-7-2-11(23)10-15(14)34-19/h2-10H,1H3,(H,26,28)(H2,24,25,29,33). The summed E-state index contributed by atoms with van der Waals surface area (Å²) >= 11 is 12.5. The van der Waals surface area contributed by atoms with E-state index in [1.54, 1.807) is 0 Å². The number of aromatic nitrogens is 2. The zero-order valence-electron chi connectivity index (χ0n) is 17.7. The maximum atomic E-state index is 13.5. The van der Waals surface area contributed by atoms with Gasteiger partial charge >= 0.3 is 0 Å². The fourth-order valence-electron chi connectivity index (χ4n) is 2.90. The average molecular weight is 552 g/mol. The van der Waals surface area contributed by atoms with Crippen LogP contribution >= 0.6 is 35.2 Å². The van der Waals surface area contributed by atoms with E-state index in [1.807, 2.05) is 0 Å². The molecule has 0 aliphatic rings.